The quantitative estimate of drug-likeness (QED) is 0.765. The fraction of sp³-hybridized carbons (Fsp3) is 0.667. The van der Waals surface area contributed by atoms with E-state index in [4.69, 9.17) is 4.84 Å². The Morgan fingerprint density at radius 1 is 1.29 bits per heavy atom. The summed E-state index contributed by atoms with van der Waals surface area (Å²) in [5.74, 6) is 1.49. The van der Waals surface area contributed by atoms with Gasteiger partial charge in [-0.2, -0.15) is 5.06 Å². The van der Waals surface area contributed by atoms with Crippen molar-refractivity contribution in [2.24, 2.45) is 11.8 Å². The summed E-state index contributed by atoms with van der Waals surface area (Å²) in [5.41, 5.74) is 2.28. The minimum absolute atomic E-state index is 0.111. The molecule has 2 aliphatic rings. The van der Waals surface area contributed by atoms with Crippen molar-refractivity contribution < 1.29 is 9.23 Å². The second-order valence-corrected chi connectivity index (χ2v) is 7.48. The van der Waals surface area contributed by atoms with Crippen molar-refractivity contribution in [3.63, 3.8) is 0 Å². The lowest BCUT2D eigenvalue weighted by Crippen LogP contribution is -2.42. The first-order chi connectivity index (χ1) is 9.79. The number of nitrogens with zero attached hydrogens (tertiary/aromatic N) is 1. The van der Waals surface area contributed by atoms with Gasteiger partial charge in [0.1, 0.15) is 5.82 Å². The van der Waals surface area contributed by atoms with Crippen LogP contribution in [0.5, 0.6) is 0 Å². The number of hydrogen-bond donors (Lipinski definition) is 0. The molecule has 0 spiro atoms. The molecule has 1 aromatic rings. The molecule has 0 amide bonds. The van der Waals surface area contributed by atoms with E-state index in [1.54, 1.807) is 12.1 Å². The number of fused-ring (bicyclic) bond motifs is 1. The lowest BCUT2D eigenvalue weighted by molar-refractivity contribution is -0.182. The number of rotatable bonds is 1. The minimum atomic E-state index is -0.137. The number of aryl methyl sites for hydroxylation is 1. The molecule has 1 aliphatic carbocycles. The first-order valence-electron chi connectivity index (χ1n) is 7.97. The van der Waals surface area contributed by atoms with Gasteiger partial charge in [-0.05, 0) is 68.7 Å². The summed E-state index contributed by atoms with van der Waals surface area (Å²) in [6.45, 7) is 8.74. The smallest absolute Gasteiger partial charge is 0.123 e. The van der Waals surface area contributed by atoms with E-state index < -0.39 is 0 Å². The van der Waals surface area contributed by atoms with Crippen molar-refractivity contribution in [2.75, 3.05) is 7.05 Å². The molecule has 2 fully saturated rings. The van der Waals surface area contributed by atoms with Gasteiger partial charge < -0.3 is 0 Å². The topological polar surface area (TPSA) is 12.5 Å². The van der Waals surface area contributed by atoms with E-state index >= 15 is 0 Å². The molecule has 4 atom stereocenters. The van der Waals surface area contributed by atoms with Crippen LogP contribution < -0.4 is 0 Å². The maximum Gasteiger partial charge on any atom is 0.123 e. The van der Waals surface area contributed by atoms with E-state index in [0.29, 0.717) is 23.8 Å². The normalized spacial score (nSPS) is 35.7. The highest BCUT2D eigenvalue weighted by atomic mass is 19.1. The molecule has 3 heteroatoms. The Labute approximate surface area is 127 Å². The number of halogens is 1. The molecule has 0 radical (unpaired) electrons. The molecule has 1 aromatic carbocycles. The van der Waals surface area contributed by atoms with Crippen LogP contribution in [0.1, 0.15) is 50.7 Å². The number of hydrogen-bond acceptors (Lipinski definition) is 2. The molecular formula is C18H26FNO. The van der Waals surface area contributed by atoms with Crippen LogP contribution in [0, 0.1) is 24.6 Å². The zero-order chi connectivity index (χ0) is 15.4. The summed E-state index contributed by atoms with van der Waals surface area (Å²) >= 11 is 0. The third kappa shape index (κ3) is 2.51. The lowest BCUT2D eigenvalue weighted by atomic mass is 9.65. The Morgan fingerprint density at radius 3 is 2.67 bits per heavy atom. The van der Waals surface area contributed by atoms with Gasteiger partial charge in [0, 0.05) is 19.0 Å². The van der Waals surface area contributed by atoms with Crippen LogP contribution >= 0.6 is 0 Å². The molecule has 0 bridgehead atoms. The van der Waals surface area contributed by atoms with E-state index in [2.05, 4.69) is 32.9 Å². The van der Waals surface area contributed by atoms with Crippen molar-refractivity contribution in [1.29, 1.82) is 0 Å². The zero-order valence-electron chi connectivity index (χ0n) is 13.7. The number of benzene rings is 1. The van der Waals surface area contributed by atoms with Gasteiger partial charge in [-0.15, -0.1) is 0 Å². The molecule has 116 valence electrons. The van der Waals surface area contributed by atoms with Crippen LogP contribution in [0.25, 0.3) is 0 Å². The monoisotopic (exact) mass is 291 g/mol. The highest BCUT2D eigenvalue weighted by Crippen LogP contribution is 2.50. The van der Waals surface area contributed by atoms with E-state index in [9.17, 15) is 4.39 Å². The van der Waals surface area contributed by atoms with Crippen LogP contribution in [-0.2, 0) is 4.84 Å². The predicted molar refractivity (Wildman–Crippen MR) is 82.5 cm³/mol. The third-order valence-corrected chi connectivity index (χ3v) is 5.55. The van der Waals surface area contributed by atoms with Crippen LogP contribution in [-0.4, -0.2) is 23.8 Å². The number of hydroxylamine groups is 2. The Balaban J connectivity index is 1.90. The molecule has 2 nitrogen and oxygen atoms in total. The second-order valence-electron chi connectivity index (χ2n) is 7.48. The highest BCUT2D eigenvalue weighted by molar-refractivity contribution is 5.31. The first-order valence-corrected chi connectivity index (χ1v) is 7.97. The predicted octanol–water partition coefficient (Wildman–Crippen LogP) is 4.29. The van der Waals surface area contributed by atoms with Crippen molar-refractivity contribution in [3.05, 3.63) is 35.1 Å². The van der Waals surface area contributed by atoms with Crippen LogP contribution in [0.4, 0.5) is 4.39 Å². The fourth-order valence-electron chi connectivity index (χ4n) is 4.68. The minimum Gasteiger partial charge on any atom is -0.293 e. The highest BCUT2D eigenvalue weighted by Gasteiger charge is 2.52. The first kappa shape index (κ1) is 15.0. The standard InChI is InChI=1S/C18H26FNO/c1-11-9-14(19)6-7-15(11)13-8-12(2)17-16(10-13)18(3,4)21-20(17)5/h6-7,9,12-13,16-17H,8,10H2,1-5H3. The van der Waals surface area contributed by atoms with E-state index in [-0.39, 0.29) is 11.4 Å². The molecule has 1 saturated heterocycles. The molecule has 1 heterocycles. The maximum atomic E-state index is 13.4. The van der Waals surface area contributed by atoms with E-state index in [1.165, 1.54) is 5.56 Å². The summed E-state index contributed by atoms with van der Waals surface area (Å²) in [4.78, 5) is 6.07. The van der Waals surface area contributed by atoms with Crippen molar-refractivity contribution in [3.8, 4) is 0 Å². The summed E-state index contributed by atoms with van der Waals surface area (Å²) in [6, 6.07) is 5.74. The molecular weight excluding hydrogens is 265 g/mol. The van der Waals surface area contributed by atoms with Crippen LogP contribution in [0.3, 0.4) is 0 Å². The van der Waals surface area contributed by atoms with Gasteiger partial charge in [-0.25, -0.2) is 4.39 Å². The zero-order valence-corrected chi connectivity index (χ0v) is 13.7. The lowest BCUT2D eigenvalue weighted by Gasteiger charge is -2.40. The van der Waals surface area contributed by atoms with Crippen molar-refractivity contribution in [2.45, 2.75) is 58.1 Å². The maximum absolute atomic E-state index is 13.4. The SMILES string of the molecule is Cc1cc(F)ccc1C1CC(C)C2C(C1)C(C)(C)ON2C. The summed E-state index contributed by atoms with van der Waals surface area (Å²) < 4.78 is 13.4. The summed E-state index contributed by atoms with van der Waals surface area (Å²) in [6.07, 6.45) is 2.27. The summed E-state index contributed by atoms with van der Waals surface area (Å²) in [7, 11) is 2.06. The van der Waals surface area contributed by atoms with Gasteiger partial charge in [-0.1, -0.05) is 13.0 Å². The second kappa shape index (κ2) is 5.06. The van der Waals surface area contributed by atoms with E-state index in [1.807, 2.05) is 13.0 Å². The van der Waals surface area contributed by atoms with Crippen molar-refractivity contribution in [1.82, 2.24) is 5.06 Å². The Kier molecular flexibility index (Phi) is 3.61. The van der Waals surface area contributed by atoms with Gasteiger partial charge in [0.05, 0.1) is 5.60 Å². The van der Waals surface area contributed by atoms with Crippen LogP contribution in [0.2, 0.25) is 0 Å². The van der Waals surface area contributed by atoms with Gasteiger partial charge in [-0.3, -0.25) is 4.84 Å². The molecule has 0 aromatic heterocycles. The van der Waals surface area contributed by atoms with Gasteiger partial charge in [0.2, 0.25) is 0 Å². The average molecular weight is 291 g/mol. The largest absolute Gasteiger partial charge is 0.293 e. The summed E-state index contributed by atoms with van der Waals surface area (Å²) in [5, 5.41) is 2.07. The third-order valence-electron chi connectivity index (χ3n) is 5.55. The molecule has 4 unspecified atom stereocenters. The van der Waals surface area contributed by atoms with E-state index in [0.717, 1.165) is 18.4 Å². The van der Waals surface area contributed by atoms with Gasteiger partial charge >= 0.3 is 0 Å². The van der Waals surface area contributed by atoms with Gasteiger partial charge in [0.15, 0.2) is 0 Å². The average Bonchev–Trinajstić information content (AvgIpc) is 2.59. The van der Waals surface area contributed by atoms with Crippen molar-refractivity contribution >= 4 is 0 Å². The van der Waals surface area contributed by atoms with Crippen LogP contribution in [0.15, 0.2) is 18.2 Å². The molecule has 1 aliphatic heterocycles. The Morgan fingerprint density at radius 2 is 2.00 bits per heavy atom. The molecule has 0 N–H and O–H groups in total. The fourth-order valence-corrected chi connectivity index (χ4v) is 4.68. The molecule has 3 rings (SSSR count). The molecule has 1 saturated carbocycles. The van der Waals surface area contributed by atoms with Gasteiger partial charge in [0.25, 0.3) is 0 Å². The Hall–Kier alpha value is -0.930. The Bertz CT molecular complexity index is 542. The molecule has 21 heavy (non-hydrogen) atoms.